The van der Waals surface area contributed by atoms with Gasteiger partial charge in [0, 0.05) is 18.3 Å². The summed E-state index contributed by atoms with van der Waals surface area (Å²) in [6.07, 6.45) is 4.01. The number of hydrogen-bond donors (Lipinski definition) is 3. The van der Waals surface area contributed by atoms with Crippen molar-refractivity contribution in [1.29, 1.82) is 0 Å². The van der Waals surface area contributed by atoms with Crippen LogP contribution in [0.3, 0.4) is 0 Å². The topological polar surface area (TPSA) is 101 Å². The molecule has 1 saturated heterocycles. The maximum Gasteiger partial charge on any atom is 0.420 e. The Bertz CT molecular complexity index is 1010. The van der Waals surface area contributed by atoms with E-state index in [0.717, 1.165) is 44.8 Å². The van der Waals surface area contributed by atoms with Crippen LogP contribution in [0.25, 0.3) is 0 Å². The minimum Gasteiger partial charge on any atom is -0.496 e. The van der Waals surface area contributed by atoms with E-state index in [9.17, 15) is 13.2 Å². The first-order valence-electron chi connectivity index (χ1n) is 12.8. The summed E-state index contributed by atoms with van der Waals surface area (Å²) in [6.45, 7) is 3.60. The van der Waals surface area contributed by atoms with Gasteiger partial charge in [-0.2, -0.15) is 28.1 Å². The van der Waals surface area contributed by atoms with E-state index in [4.69, 9.17) is 10.5 Å². The van der Waals surface area contributed by atoms with Crippen molar-refractivity contribution in [2.75, 3.05) is 36.1 Å². The number of rotatable bonds is 9. The average Bonchev–Trinajstić information content (AvgIpc) is 3.40. The number of nitrogens with one attached hydrogen (secondary N) is 2. The molecule has 36 heavy (non-hydrogen) atoms. The third-order valence-corrected chi connectivity index (χ3v) is 7.21. The van der Waals surface area contributed by atoms with Crippen molar-refractivity contribution in [3.05, 3.63) is 23.8 Å². The van der Waals surface area contributed by atoms with E-state index in [2.05, 4.69) is 25.6 Å². The predicted molar refractivity (Wildman–Crippen MR) is 135 cm³/mol. The van der Waals surface area contributed by atoms with Crippen LogP contribution >= 0.6 is 0 Å². The fraction of sp³-hybridized carbons (Fsp3) is 0.640. The Balaban J connectivity index is 1.73. The zero-order valence-corrected chi connectivity index (χ0v) is 20.9. The molecule has 198 valence electrons. The molecule has 2 aromatic rings. The quantitative estimate of drug-likeness (QED) is 0.429. The number of nitrogen functional groups attached to an aromatic ring is 1. The number of methoxy groups -OCH3 is 1. The molecule has 0 amide bonds. The Hall–Kier alpha value is -2.82. The molecule has 4 N–H and O–H groups in total. The van der Waals surface area contributed by atoms with Crippen molar-refractivity contribution in [2.24, 2.45) is 5.92 Å². The minimum absolute atomic E-state index is 0.0231. The van der Waals surface area contributed by atoms with Crippen molar-refractivity contribution in [1.82, 2.24) is 20.3 Å². The summed E-state index contributed by atoms with van der Waals surface area (Å²) in [7, 11) is 1.23. The molecule has 8 nitrogen and oxygen atoms in total. The minimum atomic E-state index is -4.58. The second-order valence-corrected chi connectivity index (χ2v) is 9.63. The molecule has 1 aliphatic carbocycles. The van der Waals surface area contributed by atoms with Gasteiger partial charge >= 0.3 is 6.18 Å². The van der Waals surface area contributed by atoms with Crippen LogP contribution in [0.2, 0.25) is 0 Å². The molecule has 1 saturated carbocycles. The first kappa shape index (κ1) is 26.2. The summed E-state index contributed by atoms with van der Waals surface area (Å²) in [6, 6.07) is 3.94. The lowest BCUT2D eigenvalue weighted by Crippen LogP contribution is -2.46. The maximum absolute atomic E-state index is 13.9. The van der Waals surface area contributed by atoms with Crippen LogP contribution in [0.5, 0.6) is 5.75 Å². The molecule has 1 aromatic heterocycles. The number of hydrogen-bond acceptors (Lipinski definition) is 8. The molecule has 2 aliphatic rings. The summed E-state index contributed by atoms with van der Waals surface area (Å²) in [5, 5.41) is 6.78. The second kappa shape index (κ2) is 11.5. The van der Waals surface area contributed by atoms with E-state index >= 15 is 0 Å². The lowest BCUT2D eigenvalue weighted by molar-refractivity contribution is -0.138. The summed E-state index contributed by atoms with van der Waals surface area (Å²) in [4.78, 5) is 15.1. The SMILES string of the molecule is CCC(C1CCCN1)N(c1ccc(OC)c(C(F)(F)F)c1)c1nc(N)nc(NCC2CCCCC2)n1. The van der Waals surface area contributed by atoms with Gasteiger partial charge in [0.05, 0.1) is 18.7 Å². The Morgan fingerprint density at radius 3 is 2.56 bits per heavy atom. The van der Waals surface area contributed by atoms with Crippen LogP contribution in [-0.2, 0) is 6.18 Å². The number of alkyl halides is 3. The Kier molecular flexibility index (Phi) is 8.38. The Morgan fingerprint density at radius 1 is 1.14 bits per heavy atom. The zero-order chi connectivity index (χ0) is 25.7. The highest BCUT2D eigenvalue weighted by atomic mass is 19.4. The molecular formula is C25H36F3N7O. The van der Waals surface area contributed by atoms with Gasteiger partial charge in [0.1, 0.15) is 5.75 Å². The Morgan fingerprint density at radius 2 is 1.92 bits per heavy atom. The van der Waals surface area contributed by atoms with Gasteiger partial charge in [0.15, 0.2) is 0 Å². The summed E-state index contributed by atoms with van der Waals surface area (Å²) in [5.41, 5.74) is 5.56. The third kappa shape index (κ3) is 6.11. The highest BCUT2D eigenvalue weighted by Gasteiger charge is 2.37. The van der Waals surface area contributed by atoms with Gasteiger partial charge in [0.2, 0.25) is 17.8 Å². The summed E-state index contributed by atoms with van der Waals surface area (Å²) < 4.78 is 46.7. The number of nitrogens with two attached hydrogens (primary N) is 1. The molecule has 2 fully saturated rings. The number of nitrogens with zero attached hydrogens (tertiary/aromatic N) is 4. The molecule has 2 unspecified atom stereocenters. The highest BCUT2D eigenvalue weighted by Crippen LogP contribution is 2.41. The van der Waals surface area contributed by atoms with Gasteiger partial charge in [-0.3, -0.25) is 0 Å². The largest absolute Gasteiger partial charge is 0.496 e. The van der Waals surface area contributed by atoms with Crippen molar-refractivity contribution in [2.45, 2.75) is 76.6 Å². The van der Waals surface area contributed by atoms with Crippen LogP contribution in [0, 0.1) is 5.92 Å². The lowest BCUT2D eigenvalue weighted by atomic mass is 9.89. The fourth-order valence-electron chi connectivity index (χ4n) is 5.40. The summed E-state index contributed by atoms with van der Waals surface area (Å²) in [5.74, 6) is 0.899. The highest BCUT2D eigenvalue weighted by molar-refractivity contribution is 5.63. The molecule has 2 heterocycles. The van der Waals surface area contributed by atoms with E-state index in [1.165, 1.54) is 32.4 Å². The molecule has 11 heteroatoms. The van der Waals surface area contributed by atoms with Crippen LogP contribution in [0.1, 0.15) is 63.9 Å². The monoisotopic (exact) mass is 507 g/mol. The molecule has 4 rings (SSSR count). The van der Waals surface area contributed by atoms with Crippen LogP contribution in [-0.4, -0.2) is 47.2 Å². The fourth-order valence-corrected chi connectivity index (χ4v) is 5.40. The van der Waals surface area contributed by atoms with Gasteiger partial charge in [-0.15, -0.1) is 0 Å². The number of anilines is 4. The normalized spacial score (nSPS) is 19.8. The van der Waals surface area contributed by atoms with E-state index < -0.39 is 11.7 Å². The number of benzene rings is 1. The molecule has 0 spiro atoms. The summed E-state index contributed by atoms with van der Waals surface area (Å²) >= 11 is 0. The van der Waals surface area contributed by atoms with E-state index in [1.54, 1.807) is 11.0 Å². The van der Waals surface area contributed by atoms with Crippen molar-refractivity contribution >= 4 is 23.5 Å². The molecule has 0 bridgehead atoms. The van der Waals surface area contributed by atoms with E-state index in [0.29, 0.717) is 24.0 Å². The van der Waals surface area contributed by atoms with Gasteiger partial charge < -0.3 is 26.0 Å². The standard InChI is InChI=1S/C25H36F3N7O/c1-3-20(19-10-7-13-30-19)35(17-11-12-21(36-2)18(14-17)25(26,27)28)24-33-22(29)32-23(34-24)31-15-16-8-5-4-6-9-16/h11-12,14,16,19-20,30H,3-10,13,15H2,1-2H3,(H3,29,31,32,33,34). The number of halogens is 3. The van der Waals surface area contributed by atoms with Crippen molar-refractivity contribution in [3.63, 3.8) is 0 Å². The smallest absolute Gasteiger partial charge is 0.420 e. The van der Waals surface area contributed by atoms with Gasteiger partial charge in [-0.05, 0) is 62.8 Å². The molecule has 1 aromatic carbocycles. The molecular weight excluding hydrogens is 471 g/mol. The predicted octanol–water partition coefficient (Wildman–Crippen LogP) is 5.14. The zero-order valence-electron chi connectivity index (χ0n) is 20.9. The van der Waals surface area contributed by atoms with E-state index in [-0.39, 0.29) is 29.7 Å². The maximum atomic E-state index is 13.9. The second-order valence-electron chi connectivity index (χ2n) is 9.63. The van der Waals surface area contributed by atoms with Crippen molar-refractivity contribution in [3.8, 4) is 5.75 Å². The van der Waals surface area contributed by atoms with Gasteiger partial charge in [-0.25, -0.2) is 0 Å². The van der Waals surface area contributed by atoms with Crippen molar-refractivity contribution < 1.29 is 17.9 Å². The van der Waals surface area contributed by atoms with E-state index in [1.807, 2.05) is 6.92 Å². The first-order valence-corrected chi connectivity index (χ1v) is 12.8. The van der Waals surface area contributed by atoms with Gasteiger partial charge in [0.25, 0.3) is 0 Å². The molecule has 1 aliphatic heterocycles. The molecule has 0 radical (unpaired) electrons. The van der Waals surface area contributed by atoms with Crippen LogP contribution in [0.15, 0.2) is 18.2 Å². The lowest BCUT2D eigenvalue weighted by Gasteiger charge is -2.36. The first-order chi connectivity index (χ1) is 17.3. The number of ether oxygens (including phenoxy) is 1. The Labute approximate surface area is 210 Å². The van der Waals surface area contributed by atoms with Gasteiger partial charge in [-0.1, -0.05) is 26.2 Å². The third-order valence-electron chi connectivity index (χ3n) is 7.21. The number of aromatic nitrogens is 3. The van der Waals surface area contributed by atoms with Crippen LogP contribution in [0.4, 0.5) is 36.7 Å². The average molecular weight is 508 g/mol. The van der Waals surface area contributed by atoms with Crippen LogP contribution < -0.4 is 26.0 Å². The molecule has 2 atom stereocenters.